The molecule has 1 unspecified atom stereocenters. The molecule has 4 fully saturated rings. The van der Waals surface area contributed by atoms with Crippen molar-refractivity contribution in [3.63, 3.8) is 0 Å². The smallest absolute Gasteiger partial charge is 0.144 e. The third-order valence-corrected chi connectivity index (χ3v) is 9.32. The monoisotopic (exact) mass is 481 g/mol. The van der Waals surface area contributed by atoms with Gasteiger partial charge in [0.15, 0.2) is 0 Å². The first-order chi connectivity index (χ1) is 17.5. The molecule has 0 saturated heterocycles. The predicted molar refractivity (Wildman–Crippen MR) is 146 cm³/mol. The van der Waals surface area contributed by atoms with E-state index in [1.807, 2.05) is 80.8 Å². The minimum absolute atomic E-state index is 0.488. The van der Waals surface area contributed by atoms with Gasteiger partial charge in [0.2, 0.25) is 0 Å². The summed E-state index contributed by atoms with van der Waals surface area (Å²) in [4.78, 5) is 2.08. The molecule has 0 aliphatic heterocycles. The number of rotatable bonds is 8. The van der Waals surface area contributed by atoms with Crippen LogP contribution in [0.4, 0.5) is 5.69 Å². The van der Waals surface area contributed by atoms with E-state index in [0.29, 0.717) is 12.0 Å². The van der Waals surface area contributed by atoms with Gasteiger partial charge in [-0.25, -0.2) is 0 Å². The van der Waals surface area contributed by atoms with Crippen molar-refractivity contribution in [1.29, 1.82) is 0 Å². The normalized spacial score (nSPS) is 28.0. The molecule has 0 spiro atoms. The van der Waals surface area contributed by atoms with Crippen molar-refractivity contribution in [2.24, 2.45) is 23.2 Å². The van der Waals surface area contributed by atoms with E-state index < -0.39 is 5.60 Å². The van der Waals surface area contributed by atoms with Crippen LogP contribution in [0.3, 0.4) is 0 Å². The molecular weight excluding hydrogens is 442 g/mol. The van der Waals surface area contributed by atoms with E-state index >= 15 is 0 Å². The molecule has 4 aliphatic rings. The van der Waals surface area contributed by atoms with Crippen molar-refractivity contribution in [3.8, 4) is 5.75 Å². The van der Waals surface area contributed by atoms with Crippen LogP contribution >= 0.6 is 0 Å². The average Bonchev–Trinajstić information content (AvgIpc) is 2.88. The van der Waals surface area contributed by atoms with E-state index in [4.69, 9.17) is 4.74 Å². The second-order valence-corrected chi connectivity index (χ2v) is 12.0. The van der Waals surface area contributed by atoms with Crippen molar-refractivity contribution in [2.75, 3.05) is 25.6 Å². The summed E-state index contributed by atoms with van der Waals surface area (Å²) in [5, 5.41) is 12.5. The first-order valence-electron chi connectivity index (χ1n) is 13.7. The number of hydrogen-bond donors (Lipinski definition) is 1. The summed E-state index contributed by atoms with van der Waals surface area (Å²) in [5.74, 6) is 3.65. The van der Waals surface area contributed by atoms with Gasteiger partial charge in [0.1, 0.15) is 11.4 Å². The molecular formula is C33H39NO2. The molecule has 4 bridgehead atoms. The number of hydrogen-bond acceptors (Lipinski definition) is 3. The fraction of sp³-hybridized carbons (Fsp3) is 0.455. The molecule has 0 amide bonds. The van der Waals surface area contributed by atoms with E-state index in [-0.39, 0.29) is 0 Å². The Morgan fingerprint density at radius 2 is 1.33 bits per heavy atom. The van der Waals surface area contributed by atoms with Gasteiger partial charge < -0.3 is 14.7 Å². The molecule has 0 radical (unpaired) electrons. The van der Waals surface area contributed by atoms with Crippen LogP contribution in [0.25, 0.3) is 0 Å². The molecule has 36 heavy (non-hydrogen) atoms. The zero-order valence-corrected chi connectivity index (χ0v) is 21.7. The van der Waals surface area contributed by atoms with E-state index in [1.54, 1.807) is 0 Å². The molecule has 7 rings (SSSR count). The Bertz CT molecular complexity index is 1150. The molecule has 0 aromatic heterocycles. The van der Waals surface area contributed by atoms with Gasteiger partial charge in [-0.2, -0.15) is 0 Å². The minimum atomic E-state index is -1.30. The van der Waals surface area contributed by atoms with E-state index in [0.717, 1.165) is 52.3 Å². The maximum atomic E-state index is 12.5. The highest BCUT2D eigenvalue weighted by atomic mass is 16.5. The molecule has 1 N–H and O–H groups in total. The Balaban J connectivity index is 1.29. The Hall–Kier alpha value is -2.78. The van der Waals surface area contributed by atoms with Crippen molar-refractivity contribution in [2.45, 2.75) is 50.5 Å². The van der Waals surface area contributed by atoms with Crippen LogP contribution in [0, 0.1) is 23.2 Å². The van der Waals surface area contributed by atoms with Gasteiger partial charge in [0, 0.05) is 25.3 Å². The van der Waals surface area contributed by atoms with E-state index in [9.17, 15) is 5.11 Å². The highest BCUT2D eigenvalue weighted by Crippen LogP contribution is 2.61. The summed E-state index contributed by atoms with van der Waals surface area (Å²) in [6.07, 6.45) is 9.74. The first-order valence-corrected chi connectivity index (χ1v) is 13.7. The van der Waals surface area contributed by atoms with Crippen LogP contribution < -0.4 is 9.64 Å². The third kappa shape index (κ3) is 4.22. The number of anilines is 1. The van der Waals surface area contributed by atoms with Gasteiger partial charge in [-0.3, -0.25) is 0 Å². The number of nitrogens with zero attached hydrogens (tertiary/aromatic N) is 1. The second kappa shape index (κ2) is 9.27. The van der Waals surface area contributed by atoms with Gasteiger partial charge in [-0.15, -0.1) is 0 Å². The standard InChI is InChI=1S/C33H39NO2/c1-34(2)29-14-12-28(13-15-29)33(35,27-8-4-3-5-9-27)30-10-6-7-11-31(30)36-17-16-32-21-24-18-25(22-32)20-26(19-24)23-32/h3-15,24-26,35H,16-23H2,1-2H3. The molecule has 3 aromatic carbocycles. The van der Waals surface area contributed by atoms with Crippen LogP contribution in [0.1, 0.15) is 61.6 Å². The molecule has 1 atom stereocenters. The predicted octanol–water partition coefficient (Wildman–Crippen LogP) is 7.02. The summed E-state index contributed by atoms with van der Waals surface area (Å²) >= 11 is 0. The molecule has 3 aromatic rings. The third-order valence-electron chi connectivity index (χ3n) is 9.32. The quantitative estimate of drug-likeness (QED) is 0.351. The zero-order chi connectivity index (χ0) is 24.8. The van der Waals surface area contributed by atoms with E-state index in [2.05, 4.69) is 17.0 Å². The topological polar surface area (TPSA) is 32.7 Å². The fourth-order valence-electron chi connectivity index (χ4n) is 8.02. The van der Waals surface area contributed by atoms with Crippen LogP contribution in [0.5, 0.6) is 5.75 Å². The Kier molecular flexibility index (Phi) is 6.08. The highest BCUT2D eigenvalue weighted by molar-refractivity contribution is 5.55. The highest BCUT2D eigenvalue weighted by Gasteiger charge is 2.50. The summed E-state index contributed by atoms with van der Waals surface area (Å²) < 4.78 is 6.56. The van der Waals surface area contributed by atoms with Crippen LogP contribution in [0.15, 0.2) is 78.9 Å². The molecule has 3 heteroatoms. The maximum Gasteiger partial charge on any atom is 0.144 e. The van der Waals surface area contributed by atoms with Crippen LogP contribution in [0.2, 0.25) is 0 Å². The molecule has 0 heterocycles. The fourth-order valence-corrected chi connectivity index (χ4v) is 8.02. The Labute approximate surface area is 216 Å². The SMILES string of the molecule is CN(C)c1ccc(C(O)(c2ccccc2)c2ccccc2OCCC23CC4CC(CC(C4)C2)C3)cc1. The van der Waals surface area contributed by atoms with Crippen molar-refractivity contribution in [3.05, 3.63) is 95.6 Å². The summed E-state index contributed by atoms with van der Waals surface area (Å²) in [5.41, 5.74) is 2.79. The van der Waals surface area contributed by atoms with Gasteiger partial charge >= 0.3 is 0 Å². The summed E-state index contributed by atoms with van der Waals surface area (Å²) in [6.45, 7) is 0.716. The van der Waals surface area contributed by atoms with Gasteiger partial charge in [0.05, 0.1) is 6.61 Å². The lowest BCUT2D eigenvalue weighted by Gasteiger charge is -2.57. The summed E-state index contributed by atoms with van der Waals surface area (Å²) in [7, 11) is 4.07. The lowest BCUT2D eigenvalue weighted by atomic mass is 9.49. The zero-order valence-electron chi connectivity index (χ0n) is 21.7. The largest absolute Gasteiger partial charge is 0.493 e. The Morgan fingerprint density at radius 3 is 1.94 bits per heavy atom. The molecule has 4 aliphatic carbocycles. The first kappa shape index (κ1) is 23.6. The van der Waals surface area contributed by atoms with Crippen molar-refractivity contribution in [1.82, 2.24) is 0 Å². The van der Waals surface area contributed by atoms with Crippen LogP contribution in [-0.2, 0) is 5.60 Å². The maximum absolute atomic E-state index is 12.5. The molecule has 188 valence electrons. The number of aliphatic hydroxyl groups is 1. The van der Waals surface area contributed by atoms with Gasteiger partial charge in [-0.1, -0.05) is 60.7 Å². The van der Waals surface area contributed by atoms with Crippen molar-refractivity contribution < 1.29 is 9.84 Å². The Morgan fingerprint density at radius 1 is 0.778 bits per heavy atom. The van der Waals surface area contributed by atoms with Gasteiger partial charge in [-0.05, 0) is 97.4 Å². The average molecular weight is 482 g/mol. The summed E-state index contributed by atoms with van der Waals surface area (Å²) in [6, 6.07) is 26.3. The lowest BCUT2D eigenvalue weighted by molar-refractivity contribution is -0.0624. The van der Waals surface area contributed by atoms with Gasteiger partial charge in [0.25, 0.3) is 0 Å². The number of benzene rings is 3. The van der Waals surface area contributed by atoms with Crippen LogP contribution in [-0.4, -0.2) is 25.8 Å². The second-order valence-electron chi connectivity index (χ2n) is 12.0. The van der Waals surface area contributed by atoms with E-state index in [1.165, 1.54) is 38.5 Å². The molecule has 3 nitrogen and oxygen atoms in total. The molecule has 4 saturated carbocycles. The number of ether oxygens (including phenoxy) is 1. The number of para-hydroxylation sites is 1. The van der Waals surface area contributed by atoms with Crippen molar-refractivity contribution >= 4 is 5.69 Å². The lowest BCUT2D eigenvalue weighted by Crippen LogP contribution is -2.46. The minimum Gasteiger partial charge on any atom is -0.493 e.